The number of amides is 2. The molecule has 0 radical (unpaired) electrons. The fourth-order valence-corrected chi connectivity index (χ4v) is 3.11. The Bertz CT molecular complexity index is 1110. The van der Waals surface area contributed by atoms with Gasteiger partial charge in [-0.2, -0.15) is 0 Å². The van der Waals surface area contributed by atoms with E-state index in [4.69, 9.17) is 5.14 Å². The molecule has 28 heavy (non-hydrogen) atoms. The summed E-state index contributed by atoms with van der Waals surface area (Å²) in [6.45, 7) is 3.84. The van der Waals surface area contributed by atoms with Gasteiger partial charge in [-0.05, 0) is 50.2 Å². The van der Waals surface area contributed by atoms with Gasteiger partial charge in [0.15, 0.2) is 0 Å². The average molecular weight is 396 g/mol. The number of aryl methyl sites for hydroxylation is 2. The Hall–Kier alpha value is -3.23. The van der Waals surface area contributed by atoms with Crippen molar-refractivity contribution in [1.29, 1.82) is 0 Å². The quantitative estimate of drug-likeness (QED) is 0.624. The number of rotatable bonds is 4. The molecule has 0 unspecified atom stereocenters. The SMILES string of the molecule is Cc1ccc(-c2ccc(NC(=O)Nc3ccc(S(N)(=O)=O)cc3)c(C)n2)cc1. The lowest BCUT2D eigenvalue weighted by Gasteiger charge is -2.11. The first kappa shape index (κ1) is 19.5. The van der Waals surface area contributed by atoms with Crippen molar-refractivity contribution in [2.75, 3.05) is 10.6 Å². The highest BCUT2D eigenvalue weighted by Gasteiger charge is 2.10. The fourth-order valence-electron chi connectivity index (χ4n) is 2.59. The molecule has 0 atom stereocenters. The van der Waals surface area contributed by atoms with Crippen LogP contribution in [0.25, 0.3) is 11.3 Å². The van der Waals surface area contributed by atoms with Crippen LogP contribution in [0.5, 0.6) is 0 Å². The molecule has 0 bridgehead atoms. The first-order chi connectivity index (χ1) is 13.2. The van der Waals surface area contributed by atoms with Gasteiger partial charge in [-0.15, -0.1) is 0 Å². The second-order valence-electron chi connectivity index (χ2n) is 6.34. The number of aromatic nitrogens is 1. The van der Waals surface area contributed by atoms with Crippen LogP contribution in [0.1, 0.15) is 11.3 Å². The molecule has 3 rings (SSSR count). The van der Waals surface area contributed by atoms with Crippen LogP contribution in [0, 0.1) is 13.8 Å². The molecule has 3 aromatic rings. The third kappa shape index (κ3) is 4.73. The van der Waals surface area contributed by atoms with Crippen LogP contribution in [0.4, 0.5) is 16.2 Å². The van der Waals surface area contributed by atoms with E-state index in [0.717, 1.165) is 11.3 Å². The van der Waals surface area contributed by atoms with Gasteiger partial charge in [-0.25, -0.2) is 18.4 Å². The second-order valence-corrected chi connectivity index (χ2v) is 7.91. The summed E-state index contributed by atoms with van der Waals surface area (Å²) in [4.78, 5) is 16.7. The molecular formula is C20H20N4O3S. The van der Waals surface area contributed by atoms with Crippen LogP contribution in [0.2, 0.25) is 0 Å². The summed E-state index contributed by atoms with van der Waals surface area (Å²) in [6.07, 6.45) is 0. The minimum absolute atomic E-state index is 0.0230. The van der Waals surface area contributed by atoms with Gasteiger partial charge in [0.2, 0.25) is 10.0 Å². The maximum atomic E-state index is 12.2. The summed E-state index contributed by atoms with van der Waals surface area (Å²) in [7, 11) is -3.77. The van der Waals surface area contributed by atoms with Crippen LogP contribution < -0.4 is 15.8 Å². The predicted octanol–water partition coefficient (Wildman–Crippen LogP) is 3.66. The van der Waals surface area contributed by atoms with E-state index in [1.165, 1.54) is 29.8 Å². The van der Waals surface area contributed by atoms with Gasteiger partial charge in [0, 0.05) is 11.3 Å². The van der Waals surface area contributed by atoms with E-state index < -0.39 is 16.1 Å². The number of hydrogen-bond acceptors (Lipinski definition) is 4. The molecule has 4 N–H and O–H groups in total. The van der Waals surface area contributed by atoms with E-state index in [0.29, 0.717) is 17.1 Å². The maximum absolute atomic E-state index is 12.2. The lowest BCUT2D eigenvalue weighted by molar-refractivity contribution is 0.262. The Morgan fingerprint density at radius 3 is 2.11 bits per heavy atom. The number of primary sulfonamides is 1. The fraction of sp³-hybridized carbons (Fsp3) is 0.100. The van der Waals surface area contributed by atoms with Crippen molar-refractivity contribution < 1.29 is 13.2 Å². The van der Waals surface area contributed by atoms with Crippen molar-refractivity contribution in [2.45, 2.75) is 18.7 Å². The smallest absolute Gasteiger partial charge is 0.308 e. The Morgan fingerprint density at radius 1 is 0.893 bits per heavy atom. The Labute approximate surface area is 163 Å². The van der Waals surface area contributed by atoms with E-state index in [-0.39, 0.29) is 4.90 Å². The highest BCUT2D eigenvalue weighted by molar-refractivity contribution is 7.89. The lowest BCUT2D eigenvalue weighted by atomic mass is 10.1. The molecule has 0 saturated heterocycles. The molecule has 0 saturated carbocycles. The van der Waals surface area contributed by atoms with Crippen molar-refractivity contribution in [1.82, 2.24) is 4.98 Å². The van der Waals surface area contributed by atoms with Crippen molar-refractivity contribution >= 4 is 27.4 Å². The van der Waals surface area contributed by atoms with Crippen molar-refractivity contribution in [3.05, 3.63) is 71.9 Å². The number of urea groups is 1. The Kier molecular flexibility index (Phi) is 5.43. The molecule has 7 nitrogen and oxygen atoms in total. The summed E-state index contributed by atoms with van der Waals surface area (Å²) in [6, 6.07) is 16.8. The summed E-state index contributed by atoms with van der Waals surface area (Å²) in [5.41, 5.74) is 4.69. The van der Waals surface area contributed by atoms with E-state index in [1.807, 2.05) is 44.2 Å². The van der Waals surface area contributed by atoms with Crippen LogP contribution >= 0.6 is 0 Å². The van der Waals surface area contributed by atoms with Crippen LogP contribution in [-0.4, -0.2) is 19.4 Å². The molecular weight excluding hydrogens is 376 g/mol. The molecule has 8 heteroatoms. The van der Waals surface area contributed by atoms with Gasteiger partial charge in [-0.3, -0.25) is 4.98 Å². The maximum Gasteiger partial charge on any atom is 0.323 e. The Balaban J connectivity index is 1.69. The zero-order valence-electron chi connectivity index (χ0n) is 15.4. The molecule has 2 aromatic carbocycles. The van der Waals surface area contributed by atoms with E-state index in [1.54, 1.807) is 6.07 Å². The number of nitrogens with two attached hydrogens (primary N) is 1. The van der Waals surface area contributed by atoms with E-state index in [9.17, 15) is 13.2 Å². The molecule has 0 aliphatic heterocycles. The van der Waals surface area contributed by atoms with Crippen LogP contribution in [0.3, 0.4) is 0 Å². The summed E-state index contributed by atoms with van der Waals surface area (Å²) < 4.78 is 22.5. The first-order valence-corrected chi connectivity index (χ1v) is 10.0. The number of anilines is 2. The standard InChI is InChI=1S/C20H20N4O3S/c1-13-3-5-15(6-4-13)19-12-11-18(14(2)22-19)24-20(25)23-16-7-9-17(10-8-16)28(21,26)27/h3-12H,1-2H3,(H2,21,26,27)(H2,23,24,25). The monoisotopic (exact) mass is 396 g/mol. The van der Waals surface area contributed by atoms with Gasteiger partial charge in [0.05, 0.1) is 22.0 Å². The number of pyridine rings is 1. The Morgan fingerprint density at radius 2 is 1.54 bits per heavy atom. The zero-order chi connectivity index (χ0) is 20.3. The van der Waals surface area contributed by atoms with Gasteiger partial charge in [0.1, 0.15) is 0 Å². The number of benzene rings is 2. The van der Waals surface area contributed by atoms with Gasteiger partial charge >= 0.3 is 6.03 Å². The van der Waals surface area contributed by atoms with Crippen LogP contribution in [0.15, 0.2) is 65.6 Å². The number of carbonyl (C=O) groups excluding carboxylic acids is 1. The number of carbonyl (C=O) groups is 1. The highest BCUT2D eigenvalue weighted by Crippen LogP contribution is 2.22. The largest absolute Gasteiger partial charge is 0.323 e. The molecule has 144 valence electrons. The van der Waals surface area contributed by atoms with Gasteiger partial charge in [-0.1, -0.05) is 29.8 Å². The number of nitrogens with one attached hydrogen (secondary N) is 2. The number of hydrogen-bond donors (Lipinski definition) is 3. The molecule has 0 aliphatic rings. The normalized spacial score (nSPS) is 11.1. The highest BCUT2D eigenvalue weighted by atomic mass is 32.2. The first-order valence-electron chi connectivity index (χ1n) is 8.48. The minimum Gasteiger partial charge on any atom is -0.308 e. The minimum atomic E-state index is -3.77. The number of sulfonamides is 1. The zero-order valence-corrected chi connectivity index (χ0v) is 16.2. The molecule has 0 fully saturated rings. The third-order valence-electron chi connectivity index (χ3n) is 4.12. The van der Waals surface area contributed by atoms with Gasteiger partial charge < -0.3 is 10.6 Å². The molecule has 0 spiro atoms. The van der Waals surface area contributed by atoms with E-state index >= 15 is 0 Å². The third-order valence-corrected chi connectivity index (χ3v) is 5.05. The molecule has 2 amide bonds. The average Bonchev–Trinajstić information content (AvgIpc) is 2.64. The van der Waals surface area contributed by atoms with Crippen molar-refractivity contribution in [2.24, 2.45) is 5.14 Å². The van der Waals surface area contributed by atoms with E-state index in [2.05, 4.69) is 15.6 Å². The number of nitrogens with zero attached hydrogens (tertiary/aromatic N) is 1. The summed E-state index contributed by atoms with van der Waals surface area (Å²) in [5.74, 6) is 0. The lowest BCUT2D eigenvalue weighted by Crippen LogP contribution is -2.20. The predicted molar refractivity (Wildman–Crippen MR) is 110 cm³/mol. The second kappa shape index (κ2) is 7.79. The molecule has 1 aromatic heterocycles. The van der Waals surface area contributed by atoms with Crippen molar-refractivity contribution in [3.63, 3.8) is 0 Å². The molecule has 1 heterocycles. The van der Waals surface area contributed by atoms with Crippen molar-refractivity contribution in [3.8, 4) is 11.3 Å². The topological polar surface area (TPSA) is 114 Å². The van der Waals surface area contributed by atoms with Gasteiger partial charge in [0.25, 0.3) is 0 Å². The summed E-state index contributed by atoms with van der Waals surface area (Å²) >= 11 is 0. The van der Waals surface area contributed by atoms with Crippen LogP contribution in [-0.2, 0) is 10.0 Å². The summed E-state index contributed by atoms with van der Waals surface area (Å²) in [5, 5.41) is 10.4. The molecule has 0 aliphatic carbocycles.